The maximum Gasteiger partial charge on any atom is 0.335 e. The van der Waals surface area contributed by atoms with Crippen LogP contribution in [-0.2, 0) is 11.2 Å². The SMILES string of the molecule is CC(O)(Cc1ncc[nH]1)C(=O)O. The van der Waals surface area contributed by atoms with Gasteiger partial charge in [0, 0.05) is 18.8 Å². The van der Waals surface area contributed by atoms with E-state index < -0.39 is 11.6 Å². The summed E-state index contributed by atoms with van der Waals surface area (Å²) >= 11 is 0. The van der Waals surface area contributed by atoms with E-state index >= 15 is 0 Å². The van der Waals surface area contributed by atoms with Gasteiger partial charge in [0.25, 0.3) is 0 Å². The number of nitrogens with one attached hydrogen (secondary N) is 1. The van der Waals surface area contributed by atoms with Crippen LogP contribution in [0, 0.1) is 0 Å². The second-order valence-corrected chi connectivity index (χ2v) is 2.79. The van der Waals surface area contributed by atoms with Crippen LogP contribution in [-0.4, -0.2) is 31.8 Å². The summed E-state index contributed by atoms with van der Waals surface area (Å²) in [6.07, 6.45) is 3.07. The Balaban J connectivity index is 2.69. The number of rotatable bonds is 3. The Morgan fingerprint density at radius 2 is 2.50 bits per heavy atom. The van der Waals surface area contributed by atoms with Crippen LogP contribution < -0.4 is 0 Å². The van der Waals surface area contributed by atoms with E-state index in [9.17, 15) is 9.90 Å². The first-order valence-corrected chi connectivity index (χ1v) is 3.46. The van der Waals surface area contributed by atoms with Gasteiger partial charge in [-0.1, -0.05) is 0 Å². The average molecular weight is 170 g/mol. The van der Waals surface area contributed by atoms with E-state index in [4.69, 9.17) is 5.11 Å². The topological polar surface area (TPSA) is 86.2 Å². The summed E-state index contributed by atoms with van der Waals surface area (Å²) in [5.41, 5.74) is -1.75. The molecule has 0 aromatic carbocycles. The number of aliphatic carboxylic acids is 1. The number of carbonyl (C=O) groups is 1. The zero-order valence-electron chi connectivity index (χ0n) is 6.61. The van der Waals surface area contributed by atoms with Crippen molar-refractivity contribution in [1.82, 2.24) is 9.97 Å². The molecule has 12 heavy (non-hydrogen) atoms. The molecule has 0 saturated carbocycles. The summed E-state index contributed by atoms with van der Waals surface area (Å²) in [5.74, 6) is -0.790. The van der Waals surface area contributed by atoms with E-state index in [1.807, 2.05) is 0 Å². The lowest BCUT2D eigenvalue weighted by Gasteiger charge is -2.15. The predicted molar refractivity (Wildman–Crippen MR) is 40.6 cm³/mol. The molecule has 0 radical (unpaired) electrons. The monoisotopic (exact) mass is 170 g/mol. The molecule has 0 amide bonds. The molecule has 0 bridgehead atoms. The molecular formula is C7H10N2O3. The van der Waals surface area contributed by atoms with Crippen LogP contribution in [0.15, 0.2) is 12.4 Å². The van der Waals surface area contributed by atoms with Crippen molar-refractivity contribution in [1.29, 1.82) is 0 Å². The number of carboxylic acids is 1. The second-order valence-electron chi connectivity index (χ2n) is 2.79. The van der Waals surface area contributed by atoms with Crippen molar-refractivity contribution in [2.75, 3.05) is 0 Å². The molecule has 0 fully saturated rings. The quantitative estimate of drug-likeness (QED) is 0.585. The predicted octanol–water partition coefficient (Wildman–Crippen LogP) is -0.212. The lowest BCUT2D eigenvalue weighted by Crippen LogP contribution is -2.37. The molecule has 5 heteroatoms. The highest BCUT2D eigenvalue weighted by atomic mass is 16.4. The highest BCUT2D eigenvalue weighted by Gasteiger charge is 2.30. The smallest absolute Gasteiger partial charge is 0.335 e. The van der Waals surface area contributed by atoms with Gasteiger partial charge in [0.1, 0.15) is 5.82 Å². The van der Waals surface area contributed by atoms with Crippen molar-refractivity contribution >= 4 is 5.97 Å². The summed E-state index contributed by atoms with van der Waals surface area (Å²) in [6.45, 7) is 1.23. The van der Waals surface area contributed by atoms with E-state index in [0.717, 1.165) is 0 Å². The van der Waals surface area contributed by atoms with Crippen molar-refractivity contribution in [3.05, 3.63) is 18.2 Å². The molecule has 0 spiro atoms. The first-order valence-electron chi connectivity index (χ1n) is 3.46. The molecule has 1 rings (SSSR count). The molecular weight excluding hydrogens is 160 g/mol. The van der Waals surface area contributed by atoms with Crippen molar-refractivity contribution in [3.8, 4) is 0 Å². The fourth-order valence-electron chi connectivity index (χ4n) is 0.796. The summed E-state index contributed by atoms with van der Waals surface area (Å²) < 4.78 is 0. The molecule has 0 aliphatic rings. The Bertz CT molecular complexity index is 266. The van der Waals surface area contributed by atoms with E-state index in [2.05, 4.69) is 9.97 Å². The third kappa shape index (κ3) is 1.82. The van der Waals surface area contributed by atoms with Crippen LogP contribution in [0.4, 0.5) is 0 Å². The van der Waals surface area contributed by atoms with Gasteiger partial charge < -0.3 is 15.2 Å². The molecule has 0 saturated heterocycles. The Labute approximate surface area is 69.1 Å². The minimum atomic E-state index is -1.75. The molecule has 5 nitrogen and oxygen atoms in total. The number of carboxylic acid groups (broad SMARTS) is 1. The lowest BCUT2D eigenvalue weighted by molar-refractivity contribution is -0.156. The van der Waals surface area contributed by atoms with Gasteiger partial charge in [-0.25, -0.2) is 9.78 Å². The fraction of sp³-hybridized carbons (Fsp3) is 0.429. The fourth-order valence-corrected chi connectivity index (χ4v) is 0.796. The number of nitrogens with zero attached hydrogens (tertiary/aromatic N) is 1. The molecule has 0 aliphatic heterocycles. The van der Waals surface area contributed by atoms with Gasteiger partial charge in [-0.15, -0.1) is 0 Å². The molecule has 0 aliphatic carbocycles. The van der Waals surface area contributed by atoms with Crippen LogP contribution in [0.5, 0.6) is 0 Å². The molecule has 66 valence electrons. The zero-order valence-corrected chi connectivity index (χ0v) is 6.61. The largest absolute Gasteiger partial charge is 0.479 e. The van der Waals surface area contributed by atoms with Gasteiger partial charge in [-0.3, -0.25) is 0 Å². The van der Waals surface area contributed by atoms with Crippen LogP contribution in [0.25, 0.3) is 0 Å². The number of aromatic nitrogens is 2. The summed E-state index contributed by atoms with van der Waals surface area (Å²) in [5, 5.41) is 17.9. The Morgan fingerprint density at radius 3 is 2.92 bits per heavy atom. The summed E-state index contributed by atoms with van der Waals surface area (Å²) in [4.78, 5) is 17.0. The third-order valence-electron chi connectivity index (χ3n) is 1.53. The van der Waals surface area contributed by atoms with E-state index in [-0.39, 0.29) is 6.42 Å². The van der Waals surface area contributed by atoms with Gasteiger partial charge in [-0.2, -0.15) is 0 Å². The van der Waals surface area contributed by atoms with Crippen LogP contribution >= 0.6 is 0 Å². The van der Waals surface area contributed by atoms with Gasteiger partial charge in [0.2, 0.25) is 0 Å². The number of hydrogen-bond acceptors (Lipinski definition) is 3. The first kappa shape index (κ1) is 8.73. The van der Waals surface area contributed by atoms with Crippen molar-refractivity contribution in [2.24, 2.45) is 0 Å². The zero-order chi connectivity index (χ0) is 9.19. The maximum atomic E-state index is 10.5. The molecule has 1 aromatic heterocycles. The molecule has 1 heterocycles. The average Bonchev–Trinajstić information content (AvgIpc) is 2.38. The second kappa shape index (κ2) is 2.94. The Morgan fingerprint density at radius 1 is 1.83 bits per heavy atom. The first-order chi connectivity index (χ1) is 5.52. The van der Waals surface area contributed by atoms with Crippen LogP contribution in [0.1, 0.15) is 12.7 Å². The maximum absolute atomic E-state index is 10.5. The van der Waals surface area contributed by atoms with Crippen molar-refractivity contribution < 1.29 is 15.0 Å². The van der Waals surface area contributed by atoms with Crippen LogP contribution in [0.2, 0.25) is 0 Å². The van der Waals surface area contributed by atoms with E-state index in [0.29, 0.717) is 5.82 Å². The number of aliphatic hydroxyl groups is 1. The van der Waals surface area contributed by atoms with Gasteiger partial charge in [0.05, 0.1) is 0 Å². The third-order valence-corrected chi connectivity index (χ3v) is 1.53. The van der Waals surface area contributed by atoms with Gasteiger partial charge in [-0.05, 0) is 6.92 Å². The van der Waals surface area contributed by atoms with Crippen molar-refractivity contribution in [2.45, 2.75) is 18.9 Å². The molecule has 3 N–H and O–H groups in total. The Kier molecular flexibility index (Phi) is 2.14. The number of hydrogen-bond donors (Lipinski definition) is 3. The van der Waals surface area contributed by atoms with Crippen LogP contribution in [0.3, 0.4) is 0 Å². The summed E-state index contributed by atoms with van der Waals surface area (Å²) in [7, 11) is 0. The van der Waals surface area contributed by atoms with E-state index in [1.165, 1.54) is 13.1 Å². The highest BCUT2D eigenvalue weighted by Crippen LogP contribution is 2.09. The summed E-state index contributed by atoms with van der Waals surface area (Å²) in [6, 6.07) is 0. The number of aromatic amines is 1. The Hall–Kier alpha value is -1.36. The number of H-pyrrole nitrogens is 1. The normalized spacial score (nSPS) is 15.5. The lowest BCUT2D eigenvalue weighted by atomic mass is 10.0. The highest BCUT2D eigenvalue weighted by molar-refractivity contribution is 5.76. The standard InChI is InChI=1S/C7H10N2O3/c1-7(12,6(10)11)4-5-8-2-3-9-5/h2-3,12H,4H2,1H3,(H,8,9)(H,10,11). The van der Waals surface area contributed by atoms with Crippen molar-refractivity contribution in [3.63, 3.8) is 0 Å². The molecule has 1 atom stereocenters. The minimum Gasteiger partial charge on any atom is -0.479 e. The molecule has 1 aromatic rings. The minimum absolute atomic E-state index is 0.0185. The molecule has 1 unspecified atom stereocenters. The van der Waals surface area contributed by atoms with Gasteiger partial charge in [0.15, 0.2) is 5.60 Å². The van der Waals surface area contributed by atoms with Gasteiger partial charge >= 0.3 is 5.97 Å². The van der Waals surface area contributed by atoms with E-state index in [1.54, 1.807) is 6.20 Å². The number of imidazole rings is 1.